The molecule has 0 aromatic heterocycles. The highest BCUT2D eigenvalue weighted by Gasteiger charge is 2.08. The Morgan fingerprint density at radius 1 is 1.30 bits per heavy atom. The molecule has 3 heteroatoms. The Bertz CT molecular complexity index is 223. The van der Waals surface area contributed by atoms with E-state index in [2.05, 4.69) is 6.92 Å². The first kappa shape index (κ1) is 7.31. The van der Waals surface area contributed by atoms with Gasteiger partial charge in [0.05, 0.1) is 0 Å². The maximum Gasteiger partial charge on any atom is 0.488 e. The van der Waals surface area contributed by atoms with Gasteiger partial charge < -0.3 is 10.0 Å². The van der Waals surface area contributed by atoms with Gasteiger partial charge in [-0.25, -0.2) is 0 Å². The molecule has 2 N–H and O–H groups in total. The Morgan fingerprint density at radius 3 is 2.40 bits per heavy atom. The van der Waals surface area contributed by atoms with Crippen LogP contribution in [-0.2, 0) is 0 Å². The molecule has 1 aromatic carbocycles. The lowest BCUT2D eigenvalue weighted by Crippen LogP contribution is -2.29. The van der Waals surface area contributed by atoms with Crippen molar-refractivity contribution in [2.75, 3.05) is 0 Å². The molecule has 0 aliphatic carbocycles. The molecule has 10 heavy (non-hydrogen) atoms. The average Bonchev–Trinajstić information content (AvgIpc) is 1.88. The predicted molar refractivity (Wildman–Crippen MR) is 40.7 cm³/mol. The van der Waals surface area contributed by atoms with Gasteiger partial charge in [0.25, 0.3) is 0 Å². The third kappa shape index (κ3) is 1.59. The van der Waals surface area contributed by atoms with Gasteiger partial charge >= 0.3 is 7.12 Å². The molecular formula is C7H8BO2. The first-order chi connectivity index (χ1) is 4.70. The Kier molecular flexibility index (Phi) is 2.09. The monoisotopic (exact) mass is 135 g/mol. The number of hydrogen-bond acceptors (Lipinski definition) is 2. The first-order valence-electron chi connectivity index (χ1n) is 2.98. The minimum atomic E-state index is -1.39. The van der Waals surface area contributed by atoms with Gasteiger partial charge in [-0.1, -0.05) is 24.3 Å². The molecule has 0 spiro atoms. The second-order valence-corrected chi connectivity index (χ2v) is 2.12. The van der Waals surface area contributed by atoms with Gasteiger partial charge in [-0.05, 0) is 17.9 Å². The fourth-order valence-electron chi connectivity index (χ4n) is 0.754. The van der Waals surface area contributed by atoms with Crippen LogP contribution >= 0.6 is 0 Å². The van der Waals surface area contributed by atoms with E-state index >= 15 is 0 Å². The maximum absolute atomic E-state index is 8.68. The lowest BCUT2D eigenvalue weighted by molar-refractivity contribution is 0.426. The molecule has 0 amide bonds. The summed E-state index contributed by atoms with van der Waals surface area (Å²) in [6.45, 7) is 3.64. The van der Waals surface area contributed by atoms with Crippen LogP contribution in [0.2, 0.25) is 0 Å². The van der Waals surface area contributed by atoms with E-state index in [9.17, 15) is 0 Å². The summed E-state index contributed by atoms with van der Waals surface area (Å²) in [5.74, 6) is 0. The van der Waals surface area contributed by atoms with Gasteiger partial charge in [-0.2, -0.15) is 0 Å². The van der Waals surface area contributed by atoms with Gasteiger partial charge in [0, 0.05) is 0 Å². The van der Waals surface area contributed by atoms with Crippen molar-refractivity contribution in [1.29, 1.82) is 0 Å². The van der Waals surface area contributed by atoms with Crippen LogP contribution in [-0.4, -0.2) is 17.2 Å². The van der Waals surface area contributed by atoms with Crippen molar-refractivity contribution in [2.45, 2.75) is 0 Å². The minimum Gasteiger partial charge on any atom is -0.423 e. The molecule has 1 aromatic rings. The van der Waals surface area contributed by atoms with E-state index in [0.717, 1.165) is 5.56 Å². The molecule has 0 aliphatic rings. The second kappa shape index (κ2) is 2.86. The summed E-state index contributed by atoms with van der Waals surface area (Å²) >= 11 is 0. The second-order valence-electron chi connectivity index (χ2n) is 2.12. The molecular weight excluding hydrogens is 127 g/mol. The summed E-state index contributed by atoms with van der Waals surface area (Å²) in [4.78, 5) is 0. The fraction of sp³-hybridized carbons (Fsp3) is 0. The number of hydrogen-bond donors (Lipinski definition) is 2. The Labute approximate surface area is 60.3 Å². The quantitative estimate of drug-likeness (QED) is 0.512. The molecule has 0 saturated heterocycles. The van der Waals surface area contributed by atoms with Gasteiger partial charge in [-0.15, -0.1) is 0 Å². The molecule has 2 nitrogen and oxygen atoms in total. The van der Waals surface area contributed by atoms with Crippen molar-refractivity contribution in [2.24, 2.45) is 0 Å². The van der Waals surface area contributed by atoms with Crippen LogP contribution in [0.15, 0.2) is 24.3 Å². The predicted octanol–water partition coefficient (Wildman–Crippen LogP) is -0.451. The van der Waals surface area contributed by atoms with Gasteiger partial charge in [0.15, 0.2) is 0 Å². The van der Waals surface area contributed by atoms with Crippen molar-refractivity contribution in [3.05, 3.63) is 36.8 Å². The van der Waals surface area contributed by atoms with Gasteiger partial charge in [-0.3, -0.25) is 0 Å². The van der Waals surface area contributed by atoms with Gasteiger partial charge in [0.1, 0.15) is 0 Å². The molecule has 51 valence electrons. The fourth-order valence-corrected chi connectivity index (χ4v) is 0.754. The van der Waals surface area contributed by atoms with E-state index in [-0.39, 0.29) is 0 Å². The molecule has 0 heterocycles. The van der Waals surface area contributed by atoms with E-state index in [4.69, 9.17) is 10.0 Å². The largest absolute Gasteiger partial charge is 0.488 e. The summed E-state index contributed by atoms with van der Waals surface area (Å²) in [6.07, 6.45) is 0. The number of benzene rings is 1. The van der Waals surface area contributed by atoms with Gasteiger partial charge in [0.2, 0.25) is 0 Å². The zero-order valence-corrected chi connectivity index (χ0v) is 5.49. The zero-order chi connectivity index (χ0) is 7.56. The number of rotatable bonds is 1. The van der Waals surface area contributed by atoms with Crippen molar-refractivity contribution in [3.8, 4) is 0 Å². The van der Waals surface area contributed by atoms with Crippen LogP contribution in [0.1, 0.15) is 5.56 Å². The summed E-state index contributed by atoms with van der Waals surface area (Å²) < 4.78 is 0. The third-order valence-corrected chi connectivity index (χ3v) is 1.25. The smallest absolute Gasteiger partial charge is 0.423 e. The summed E-state index contributed by atoms with van der Waals surface area (Å²) in [5, 5.41) is 17.4. The lowest BCUT2D eigenvalue weighted by Gasteiger charge is -1.98. The maximum atomic E-state index is 8.68. The van der Waals surface area contributed by atoms with Crippen molar-refractivity contribution >= 4 is 12.6 Å². The summed E-state index contributed by atoms with van der Waals surface area (Å²) in [7, 11) is -1.39. The van der Waals surface area contributed by atoms with Crippen LogP contribution in [0.25, 0.3) is 0 Å². The van der Waals surface area contributed by atoms with E-state index in [1.807, 2.05) is 0 Å². The highest BCUT2D eigenvalue weighted by atomic mass is 16.4. The van der Waals surface area contributed by atoms with Crippen molar-refractivity contribution in [3.63, 3.8) is 0 Å². The Balaban J connectivity index is 2.96. The van der Waals surface area contributed by atoms with E-state index in [0.29, 0.717) is 5.46 Å². The van der Waals surface area contributed by atoms with Crippen molar-refractivity contribution < 1.29 is 10.0 Å². The Morgan fingerprint density at radius 2 is 2.00 bits per heavy atom. The first-order valence-corrected chi connectivity index (χ1v) is 2.98. The molecule has 0 atom stereocenters. The highest BCUT2D eigenvalue weighted by molar-refractivity contribution is 6.58. The topological polar surface area (TPSA) is 40.5 Å². The van der Waals surface area contributed by atoms with Crippen LogP contribution in [0.4, 0.5) is 0 Å². The van der Waals surface area contributed by atoms with Crippen LogP contribution in [0.3, 0.4) is 0 Å². The lowest BCUT2D eigenvalue weighted by atomic mass is 9.80. The Hall–Kier alpha value is -0.795. The highest BCUT2D eigenvalue weighted by Crippen LogP contribution is 1.92. The molecule has 0 aliphatic heterocycles. The molecule has 0 bridgehead atoms. The average molecular weight is 135 g/mol. The molecule has 0 saturated carbocycles. The van der Waals surface area contributed by atoms with Crippen LogP contribution in [0.5, 0.6) is 0 Å². The van der Waals surface area contributed by atoms with Crippen molar-refractivity contribution in [1.82, 2.24) is 0 Å². The summed E-state index contributed by atoms with van der Waals surface area (Å²) in [5.41, 5.74) is 1.26. The molecule has 0 unspecified atom stereocenters. The van der Waals surface area contributed by atoms with E-state index in [1.54, 1.807) is 24.3 Å². The molecule has 0 fully saturated rings. The standard InChI is InChI=1S/C7H8BO2/c1-6-3-2-4-7(5-6)8(9)10/h2-5,9-10H,1H2. The zero-order valence-electron chi connectivity index (χ0n) is 5.49. The summed E-state index contributed by atoms with van der Waals surface area (Å²) in [6, 6.07) is 6.80. The minimum absolute atomic E-state index is 0.479. The SMILES string of the molecule is [CH2]c1cccc(B(O)O)c1. The van der Waals surface area contributed by atoms with Crippen LogP contribution in [0, 0.1) is 6.92 Å². The third-order valence-electron chi connectivity index (χ3n) is 1.25. The van der Waals surface area contributed by atoms with E-state index in [1.165, 1.54) is 0 Å². The van der Waals surface area contributed by atoms with Crippen LogP contribution < -0.4 is 5.46 Å². The van der Waals surface area contributed by atoms with E-state index < -0.39 is 7.12 Å². The molecule has 1 rings (SSSR count). The normalized spacial score (nSPS) is 9.50. The molecule has 1 radical (unpaired) electrons.